The van der Waals surface area contributed by atoms with Gasteiger partial charge in [-0.1, -0.05) is 366 Å². The van der Waals surface area contributed by atoms with Crippen LogP contribution in [0.15, 0.2) is 134 Å². The largest absolute Gasteiger partial charge is 0.394 e. The van der Waals surface area contributed by atoms with E-state index in [4.69, 9.17) is 28.4 Å². The fourth-order valence-electron chi connectivity index (χ4n) is 14.7. The molecule has 3 heterocycles. The highest BCUT2D eigenvalue weighted by Crippen LogP contribution is 2.34. The average molecular weight is 1620 g/mol. The van der Waals surface area contributed by atoms with Crippen LogP contribution in [0.25, 0.3) is 0 Å². The van der Waals surface area contributed by atoms with Crippen molar-refractivity contribution in [1.82, 2.24) is 5.32 Å². The van der Waals surface area contributed by atoms with Crippen molar-refractivity contribution in [2.45, 2.75) is 439 Å². The lowest BCUT2D eigenvalue weighted by Gasteiger charge is -2.48. The Kier molecular flexibility index (Phi) is 67.5. The third kappa shape index (κ3) is 52.0. The molecule has 17 atom stereocenters. The van der Waals surface area contributed by atoms with Crippen LogP contribution in [0.4, 0.5) is 0 Å². The molecule has 0 bridgehead atoms. The standard InChI is InChI=1S/C96H165NO18/c1-3-5-7-9-11-13-15-17-19-21-23-25-27-29-31-33-34-35-36-37-38-39-40-41-42-43-44-46-48-50-52-54-56-58-60-62-64-66-68-70-72-74-84(102)97-79(80(101)73-71-69-67-65-63-61-59-57-55-53-51-49-47-45-32-30-28-26-24-22-20-18-16-14-12-10-8-6-4-2)78-110-94-90(108)87(105)92(82(76-99)112-94)115-96-91(109)88(106)93(83(77-100)113-96)114-95-89(107)86(104)85(103)81(75-98)111-95/h5,7,11,13,17,19,23,25,29,31,34-35,37-38,40-41,43-44,48,50,54,56,79-83,85-96,98-101,103-109H,3-4,6,8-10,12,14-16,18,20-22,24,26-28,30,32-33,36,39,42,45-47,49,51-53,55,57-78H2,1-2H3,(H,97,102)/b7-5-,13-11-,19-17-,25-23-,31-29-,35-34-,38-37-,41-40-,44-43-,50-48-,56-54-. The van der Waals surface area contributed by atoms with Crippen LogP contribution in [-0.4, -0.2) is 193 Å². The van der Waals surface area contributed by atoms with Gasteiger partial charge in [-0.3, -0.25) is 4.79 Å². The zero-order chi connectivity index (χ0) is 83.1. The quantitative estimate of drug-likeness (QED) is 0.0199. The summed E-state index contributed by atoms with van der Waals surface area (Å²) in [5, 5.41) is 121. The summed E-state index contributed by atoms with van der Waals surface area (Å²) in [5.74, 6) is -0.255. The SMILES string of the molecule is CC/C=C\C/C=C\C/C=C\C/C=C\C/C=C\C/C=C\C/C=C\C/C=C\C/C=C\C/C=C\C/C=C\CCCCCCCCCC(=O)NC(COC1OC(CO)C(OC2OC(CO)C(OC3OC(CO)C(O)C(O)C3O)C(O)C2O)C(O)C1O)C(O)CCCCCCCCCCCCCCCCCCCCCCCCCCCCCCC. The Balaban J connectivity index is 1.33. The number of aliphatic hydroxyl groups excluding tert-OH is 11. The first kappa shape index (κ1) is 105. The van der Waals surface area contributed by atoms with Crippen molar-refractivity contribution in [1.29, 1.82) is 0 Å². The molecule has 115 heavy (non-hydrogen) atoms. The lowest BCUT2D eigenvalue weighted by atomic mass is 9.96. The first-order valence-electron chi connectivity index (χ1n) is 45.9. The molecule has 0 radical (unpaired) electrons. The summed E-state index contributed by atoms with van der Waals surface area (Å²) in [6.45, 7) is 1.71. The van der Waals surface area contributed by atoms with Crippen LogP contribution in [0, 0.1) is 0 Å². The normalized spacial score (nSPS) is 25.2. The molecule has 3 aliphatic heterocycles. The number of nitrogens with one attached hydrogen (secondary N) is 1. The van der Waals surface area contributed by atoms with Crippen LogP contribution >= 0.6 is 0 Å². The Morgan fingerprint density at radius 3 is 0.939 bits per heavy atom. The van der Waals surface area contributed by atoms with E-state index in [9.17, 15) is 61.0 Å². The molecule has 19 nitrogen and oxygen atoms in total. The van der Waals surface area contributed by atoms with Crippen LogP contribution in [-0.2, 0) is 33.2 Å². The lowest BCUT2D eigenvalue weighted by molar-refractivity contribution is -0.379. The summed E-state index contributed by atoms with van der Waals surface area (Å²) in [5.41, 5.74) is 0. The second kappa shape index (κ2) is 73.8. The highest BCUT2D eigenvalue weighted by Gasteiger charge is 2.54. The molecule has 19 heteroatoms. The zero-order valence-electron chi connectivity index (χ0n) is 71.5. The number of aliphatic hydroxyl groups is 11. The number of allylic oxidation sites excluding steroid dienone is 22. The fourth-order valence-corrected chi connectivity index (χ4v) is 14.7. The molecule has 0 saturated carbocycles. The molecule has 17 unspecified atom stereocenters. The van der Waals surface area contributed by atoms with Crippen molar-refractivity contribution in [2.24, 2.45) is 0 Å². The summed E-state index contributed by atoms with van der Waals surface area (Å²) >= 11 is 0. The number of hydrogen-bond donors (Lipinski definition) is 12. The van der Waals surface area contributed by atoms with Gasteiger partial charge in [-0.15, -0.1) is 0 Å². The number of carbonyl (C=O) groups excluding carboxylic acids is 1. The van der Waals surface area contributed by atoms with E-state index in [1.54, 1.807) is 0 Å². The van der Waals surface area contributed by atoms with Gasteiger partial charge in [-0.25, -0.2) is 0 Å². The summed E-state index contributed by atoms with van der Waals surface area (Å²) in [4.78, 5) is 13.5. The number of amides is 1. The molecule has 0 aromatic carbocycles. The van der Waals surface area contributed by atoms with Gasteiger partial charge in [0.1, 0.15) is 73.2 Å². The third-order valence-electron chi connectivity index (χ3n) is 22.0. The van der Waals surface area contributed by atoms with Gasteiger partial charge in [0.25, 0.3) is 0 Å². The van der Waals surface area contributed by atoms with E-state index < -0.39 is 124 Å². The lowest BCUT2D eigenvalue weighted by Crippen LogP contribution is -2.66. The maximum atomic E-state index is 13.5. The predicted octanol–water partition coefficient (Wildman–Crippen LogP) is 18.0. The minimum Gasteiger partial charge on any atom is -0.394 e. The number of ether oxygens (including phenoxy) is 6. The summed E-state index contributed by atoms with van der Waals surface area (Å²) < 4.78 is 34.6. The molecule has 0 aromatic rings. The van der Waals surface area contributed by atoms with Crippen LogP contribution in [0.5, 0.6) is 0 Å². The molecule has 3 rings (SSSR count). The fraction of sp³-hybridized carbons (Fsp3) is 0.760. The van der Waals surface area contributed by atoms with Crippen molar-refractivity contribution in [3.8, 4) is 0 Å². The van der Waals surface area contributed by atoms with Gasteiger partial charge in [-0.2, -0.15) is 0 Å². The van der Waals surface area contributed by atoms with Crippen LogP contribution < -0.4 is 5.32 Å². The van der Waals surface area contributed by atoms with Gasteiger partial charge in [0.15, 0.2) is 18.9 Å². The average Bonchev–Trinajstić information content (AvgIpc) is 0.778. The van der Waals surface area contributed by atoms with E-state index in [1.165, 1.54) is 161 Å². The van der Waals surface area contributed by atoms with E-state index in [-0.39, 0.29) is 18.9 Å². The molecule has 0 aromatic heterocycles. The minimum atomic E-state index is -1.98. The molecule has 3 saturated heterocycles. The number of hydrogen-bond acceptors (Lipinski definition) is 18. The molecule has 12 N–H and O–H groups in total. The van der Waals surface area contributed by atoms with Gasteiger partial charge < -0.3 is 89.9 Å². The van der Waals surface area contributed by atoms with Gasteiger partial charge >= 0.3 is 0 Å². The Hall–Kier alpha value is -4.07. The summed E-state index contributed by atoms with van der Waals surface area (Å²) in [7, 11) is 0. The van der Waals surface area contributed by atoms with Crippen molar-refractivity contribution >= 4 is 5.91 Å². The van der Waals surface area contributed by atoms with Gasteiger partial charge in [0, 0.05) is 6.42 Å². The van der Waals surface area contributed by atoms with E-state index in [0.717, 1.165) is 141 Å². The van der Waals surface area contributed by atoms with E-state index in [2.05, 4.69) is 153 Å². The van der Waals surface area contributed by atoms with E-state index in [1.807, 2.05) is 0 Å². The highest BCUT2D eigenvalue weighted by molar-refractivity contribution is 5.76. The zero-order valence-corrected chi connectivity index (χ0v) is 71.5. The number of unbranched alkanes of at least 4 members (excludes halogenated alkanes) is 35. The van der Waals surface area contributed by atoms with Crippen molar-refractivity contribution in [2.75, 3.05) is 26.4 Å². The minimum absolute atomic E-state index is 0.246. The van der Waals surface area contributed by atoms with Gasteiger partial charge in [0.05, 0.1) is 38.6 Å². The van der Waals surface area contributed by atoms with E-state index in [0.29, 0.717) is 12.8 Å². The highest BCUT2D eigenvalue weighted by atomic mass is 16.8. The maximum Gasteiger partial charge on any atom is 0.220 e. The summed E-state index contributed by atoms with van der Waals surface area (Å²) in [6.07, 6.45) is 79.7. The molecule has 662 valence electrons. The van der Waals surface area contributed by atoms with Crippen LogP contribution in [0.2, 0.25) is 0 Å². The van der Waals surface area contributed by atoms with Crippen LogP contribution in [0.3, 0.4) is 0 Å². The van der Waals surface area contributed by atoms with Crippen LogP contribution in [0.1, 0.15) is 335 Å². The monoisotopic (exact) mass is 1620 g/mol. The second-order valence-electron chi connectivity index (χ2n) is 32.0. The van der Waals surface area contributed by atoms with Gasteiger partial charge in [-0.05, 0) is 96.3 Å². The molecule has 3 fully saturated rings. The molecule has 1 amide bonds. The smallest absolute Gasteiger partial charge is 0.220 e. The molecular formula is C96H165NO18. The number of carbonyl (C=O) groups is 1. The first-order valence-corrected chi connectivity index (χ1v) is 45.9. The van der Waals surface area contributed by atoms with Crippen molar-refractivity contribution < 1.29 is 89.4 Å². The summed E-state index contributed by atoms with van der Waals surface area (Å²) in [6, 6.07) is -0.905. The molecule has 0 spiro atoms. The first-order chi connectivity index (χ1) is 56.3. The topological polar surface area (TPSA) is 307 Å². The third-order valence-corrected chi connectivity index (χ3v) is 22.0. The van der Waals surface area contributed by atoms with Crippen molar-refractivity contribution in [3.63, 3.8) is 0 Å². The Bertz CT molecular complexity index is 2600. The second-order valence-corrected chi connectivity index (χ2v) is 32.0. The Morgan fingerprint density at radius 1 is 0.322 bits per heavy atom. The van der Waals surface area contributed by atoms with E-state index >= 15 is 0 Å². The molecular weight excluding hydrogens is 1460 g/mol. The van der Waals surface area contributed by atoms with Crippen molar-refractivity contribution in [3.05, 3.63) is 134 Å². The molecule has 0 aliphatic carbocycles. The van der Waals surface area contributed by atoms with Gasteiger partial charge in [0.2, 0.25) is 5.91 Å². The Morgan fingerprint density at radius 2 is 0.600 bits per heavy atom. The number of rotatable bonds is 73. The Labute approximate surface area is 696 Å². The molecule has 3 aliphatic rings. The predicted molar refractivity (Wildman–Crippen MR) is 466 cm³/mol. The maximum absolute atomic E-state index is 13.5.